The molecule has 4 heteroatoms. The van der Waals surface area contributed by atoms with Crippen molar-refractivity contribution in [1.29, 1.82) is 0 Å². The van der Waals surface area contributed by atoms with Crippen molar-refractivity contribution in [2.45, 2.75) is 24.9 Å². The number of unbranched alkanes of at least 4 members (excludes halogenated alkanes) is 1. The Bertz CT molecular complexity index is 577. The molecule has 0 N–H and O–H groups in total. The molecular weight excluding hydrogens is 232 g/mol. The van der Waals surface area contributed by atoms with Gasteiger partial charge < -0.3 is 0 Å². The highest BCUT2D eigenvalue weighted by Gasteiger charge is 2.07. The van der Waals surface area contributed by atoms with Crippen molar-refractivity contribution in [3.05, 3.63) is 34.6 Å². The number of thioether (sulfide) groups is 1. The van der Waals surface area contributed by atoms with Crippen LogP contribution in [0.15, 0.2) is 34.2 Å². The minimum absolute atomic E-state index is 0.0367. The number of hydrogen-bond donors (Lipinski definition) is 0. The molecule has 1 aromatic carbocycles. The van der Waals surface area contributed by atoms with E-state index in [9.17, 15) is 4.79 Å². The first-order valence-corrected chi connectivity index (χ1v) is 6.81. The van der Waals surface area contributed by atoms with Gasteiger partial charge in [-0.1, -0.05) is 37.2 Å². The fourth-order valence-electron chi connectivity index (χ4n) is 1.63. The smallest absolute Gasteiger partial charge is 0.261 e. The Hall–Kier alpha value is -1.29. The number of aromatic nitrogens is 2. The third kappa shape index (κ3) is 2.52. The summed E-state index contributed by atoms with van der Waals surface area (Å²) in [6.45, 7) is 2.16. The van der Waals surface area contributed by atoms with Crippen LogP contribution in [0.1, 0.15) is 19.8 Å². The van der Waals surface area contributed by atoms with Gasteiger partial charge in [0.05, 0.1) is 10.9 Å². The predicted molar refractivity (Wildman–Crippen MR) is 72.6 cm³/mol. The molecule has 0 bridgehead atoms. The molecule has 2 rings (SSSR count). The summed E-state index contributed by atoms with van der Waals surface area (Å²) in [4.78, 5) is 16.6. The summed E-state index contributed by atoms with van der Waals surface area (Å²) in [5.74, 6) is 1.01. The lowest BCUT2D eigenvalue weighted by Crippen LogP contribution is -2.20. The third-order valence-electron chi connectivity index (χ3n) is 2.67. The fourth-order valence-corrected chi connectivity index (χ4v) is 2.69. The zero-order valence-corrected chi connectivity index (χ0v) is 11.0. The van der Waals surface area contributed by atoms with E-state index in [1.807, 2.05) is 24.3 Å². The molecule has 3 nitrogen and oxygen atoms in total. The Morgan fingerprint density at radius 3 is 2.88 bits per heavy atom. The zero-order chi connectivity index (χ0) is 12.3. The van der Waals surface area contributed by atoms with Gasteiger partial charge in [-0.3, -0.25) is 9.36 Å². The van der Waals surface area contributed by atoms with Gasteiger partial charge in [0.2, 0.25) is 0 Å². The third-order valence-corrected chi connectivity index (χ3v) is 3.79. The van der Waals surface area contributed by atoms with E-state index in [1.54, 1.807) is 23.4 Å². The second kappa shape index (κ2) is 5.36. The Balaban J connectivity index is 2.43. The van der Waals surface area contributed by atoms with Gasteiger partial charge in [-0.2, -0.15) is 0 Å². The van der Waals surface area contributed by atoms with E-state index in [4.69, 9.17) is 0 Å². The van der Waals surface area contributed by atoms with E-state index in [0.29, 0.717) is 5.39 Å². The number of hydrogen-bond acceptors (Lipinski definition) is 3. The van der Waals surface area contributed by atoms with Crippen LogP contribution in [0, 0.1) is 0 Å². The van der Waals surface area contributed by atoms with Gasteiger partial charge in [-0.05, 0) is 18.6 Å². The molecule has 0 spiro atoms. The van der Waals surface area contributed by atoms with Crippen molar-refractivity contribution in [2.24, 2.45) is 7.05 Å². The first-order chi connectivity index (χ1) is 8.24. The molecule has 0 aliphatic heterocycles. The summed E-state index contributed by atoms with van der Waals surface area (Å²) in [7, 11) is 1.79. The molecule has 90 valence electrons. The summed E-state index contributed by atoms with van der Waals surface area (Å²) >= 11 is 1.65. The van der Waals surface area contributed by atoms with Crippen molar-refractivity contribution >= 4 is 22.7 Å². The summed E-state index contributed by atoms with van der Waals surface area (Å²) in [6, 6.07) is 7.50. The highest BCUT2D eigenvalue weighted by atomic mass is 32.2. The molecule has 0 saturated heterocycles. The van der Waals surface area contributed by atoms with Gasteiger partial charge in [-0.25, -0.2) is 4.98 Å². The first kappa shape index (κ1) is 12.2. The molecule has 0 unspecified atom stereocenters. The zero-order valence-electron chi connectivity index (χ0n) is 10.1. The normalized spacial score (nSPS) is 10.9. The molecular formula is C13H16N2OS. The van der Waals surface area contributed by atoms with Crippen LogP contribution in [-0.4, -0.2) is 15.3 Å². The second-order valence-electron chi connectivity index (χ2n) is 3.98. The predicted octanol–water partition coefficient (Wildman–Crippen LogP) is 2.83. The monoisotopic (exact) mass is 248 g/mol. The lowest BCUT2D eigenvalue weighted by atomic mass is 10.2. The van der Waals surface area contributed by atoms with Gasteiger partial charge >= 0.3 is 0 Å². The van der Waals surface area contributed by atoms with Gasteiger partial charge in [0.1, 0.15) is 0 Å². The number of fused-ring (bicyclic) bond motifs is 1. The Kier molecular flexibility index (Phi) is 3.84. The van der Waals surface area contributed by atoms with Crippen LogP contribution in [0.5, 0.6) is 0 Å². The Morgan fingerprint density at radius 2 is 2.12 bits per heavy atom. The second-order valence-corrected chi connectivity index (χ2v) is 5.04. The lowest BCUT2D eigenvalue weighted by Gasteiger charge is -2.07. The van der Waals surface area contributed by atoms with Crippen molar-refractivity contribution in [2.75, 3.05) is 5.75 Å². The molecule has 1 heterocycles. The SMILES string of the molecule is CCCCSc1nc2ccccc2c(=O)n1C. The first-order valence-electron chi connectivity index (χ1n) is 5.82. The van der Waals surface area contributed by atoms with Crippen molar-refractivity contribution in [3.8, 4) is 0 Å². The van der Waals surface area contributed by atoms with E-state index >= 15 is 0 Å². The largest absolute Gasteiger partial charge is 0.290 e. The molecule has 0 amide bonds. The molecule has 0 fully saturated rings. The van der Waals surface area contributed by atoms with Crippen LogP contribution in [0.25, 0.3) is 10.9 Å². The van der Waals surface area contributed by atoms with Gasteiger partial charge in [0.15, 0.2) is 5.16 Å². The highest BCUT2D eigenvalue weighted by Crippen LogP contribution is 2.17. The minimum Gasteiger partial charge on any atom is -0.290 e. The minimum atomic E-state index is 0.0367. The van der Waals surface area contributed by atoms with E-state index in [1.165, 1.54) is 0 Å². The maximum atomic E-state index is 12.1. The van der Waals surface area contributed by atoms with Crippen molar-refractivity contribution in [3.63, 3.8) is 0 Å². The van der Waals surface area contributed by atoms with Crippen LogP contribution in [0.4, 0.5) is 0 Å². The molecule has 0 aliphatic rings. The summed E-state index contributed by atoms with van der Waals surface area (Å²) in [5, 5.41) is 1.50. The van der Waals surface area contributed by atoms with Crippen LogP contribution in [-0.2, 0) is 7.05 Å². The van der Waals surface area contributed by atoms with Crippen LogP contribution in [0.3, 0.4) is 0 Å². The Labute approximate surface area is 105 Å². The van der Waals surface area contributed by atoms with Crippen LogP contribution in [0.2, 0.25) is 0 Å². The highest BCUT2D eigenvalue weighted by molar-refractivity contribution is 7.99. The maximum Gasteiger partial charge on any atom is 0.261 e. The summed E-state index contributed by atoms with van der Waals surface area (Å²) in [5.41, 5.74) is 0.823. The lowest BCUT2D eigenvalue weighted by molar-refractivity contribution is 0.725. The van der Waals surface area contributed by atoms with E-state index in [-0.39, 0.29) is 5.56 Å². The molecule has 1 aromatic heterocycles. The molecule has 0 radical (unpaired) electrons. The molecule has 0 saturated carbocycles. The van der Waals surface area contributed by atoms with Gasteiger partial charge in [0.25, 0.3) is 5.56 Å². The number of rotatable bonds is 4. The summed E-state index contributed by atoms with van der Waals surface area (Å²) in [6.07, 6.45) is 2.31. The van der Waals surface area contributed by atoms with Gasteiger partial charge in [-0.15, -0.1) is 0 Å². The quantitative estimate of drug-likeness (QED) is 0.474. The standard InChI is InChI=1S/C13H16N2OS/c1-3-4-9-17-13-14-11-8-6-5-7-10(11)12(16)15(13)2/h5-8H,3-4,9H2,1-2H3. The maximum absolute atomic E-state index is 12.1. The average Bonchev–Trinajstić information content (AvgIpc) is 2.35. The molecule has 2 aromatic rings. The van der Waals surface area contributed by atoms with E-state index in [0.717, 1.165) is 29.3 Å². The topological polar surface area (TPSA) is 34.9 Å². The van der Waals surface area contributed by atoms with Crippen LogP contribution < -0.4 is 5.56 Å². The number of nitrogens with zero attached hydrogens (tertiary/aromatic N) is 2. The average molecular weight is 248 g/mol. The van der Waals surface area contributed by atoms with E-state index < -0.39 is 0 Å². The van der Waals surface area contributed by atoms with Gasteiger partial charge in [0, 0.05) is 12.8 Å². The fraction of sp³-hybridized carbons (Fsp3) is 0.385. The Morgan fingerprint density at radius 1 is 1.35 bits per heavy atom. The number of benzene rings is 1. The molecule has 0 atom stereocenters. The van der Waals surface area contributed by atoms with Crippen LogP contribution >= 0.6 is 11.8 Å². The summed E-state index contributed by atoms with van der Waals surface area (Å²) < 4.78 is 1.64. The van der Waals surface area contributed by atoms with Crippen molar-refractivity contribution in [1.82, 2.24) is 9.55 Å². The van der Waals surface area contributed by atoms with E-state index in [2.05, 4.69) is 11.9 Å². The molecule has 0 aliphatic carbocycles. The van der Waals surface area contributed by atoms with Crippen molar-refractivity contribution < 1.29 is 0 Å². The molecule has 17 heavy (non-hydrogen) atoms. The number of para-hydroxylation sites is 1.